The van der Waals surface area contributed by atoms with Crippen LogP contribution in [-0.2, 0) is 13.2 Å². The van der Waals surface area contributed by atoms with Crippen LogP contribution in [0, 0.1) is 6.92 Å². The molecule has 0 amide bonds. The fourth-order valence-corrected chi connectivity index (χ4v) is 2.71. The van der Waals surface area contributed by atoms with E-state index in [0.29, 0.717) is 25.6 Å². The van der Waals surface area contributed by atoms with E-state index in [0.717, 1.165) is 28.2 Å². The zero-order valence-corrected chi connectivity index (χ0v) is 15.3. The van der Waals surface area contributed by atoms with Gasteiger partial charge in [-0.15, -0.1) is 0 Å². The largest absolute Gasteiger partial charge is 0.490 e. The van der Waals surface area contributed by atoms with Crippen molar-refractivity contribution in [3.63, 3.8) is 0 Å². The predicted molar refractivity (Wildman–Crippen MR) is 104 cm³/mol. The number of benzene rings is 3. The van der Waals surface area contributed by atoms with Gasteiger partial charge in [-0.3, -0.25) is 0 Å². The molecule has 3 nitrogen and oxygen atoms in total. The van der Waals surface area contributed by atoms with Gasteiger partial charge in [0.15, 0.2) is 11.5 Å². The van der Waals surface area contributed by atoms with E-state index < -0.39 is 0 Å². The first-order chi connectivity index (χ1) is 12.8. The van der Waals surface area contributed by atoms with Crippen molar-refractivity contribution >= 4 is 0 Å². The van der Waals surface area contributed by atoms with Crippen LogP contribution < -0.4 is 14.2 Å². The van der Waals surface area contributed by atoms with Crippen LogP contribution in [0.5, 0.6) is 17.2 Å². The van der Waals surface area contributed by atoms with Crippen molar-refractivity contribution in [3.05, 3.63) is 89.5 Å². The van der Waals surface area contributed by atoms with Gasteiger partial charge in [0.05, 0.1) is 6.61 Å². The lowest BCUT2D eigenvalue weighted by Gasteiger charge is -2.17. The third-order valence-corrected chi connectivity index (χ3v) is 3.99. The van der Waals surface area contributed by atoms with E-state index in [4.69, 9.17) is 14.2 Å². The van der Waals surface area contributed by atoms with E-state index in [1.165, 1.54) is 0 Å². The lowest BCUT2D eigenvalue weighted by molar-refractivity contribution is 0.262. The molecular formula is C23H24O3. The van der Waals surface area contributed by atoms with E-state index in [2.05, 4.69) is 0 Å². The second-order valence-electron chi connectivity index (χ2n) is 6.05. The first-order valence-corrected chi connectivity index (χ1v) is 8.87. The van der Waals surface area contributed by atoms with Gasteiger partial charge in [0.2, 0.25) is 0 Å². The van der Waals surface area contributed by atoms with Crippen LogP contribution in [0.4, 0.5) is 0 Å². The van der Waals surface area contributed by atoms with Gasteiger partial charge in [-0.05, 0) is 36.6 Å². The van der Waals surface area contributed by atoms with Crippen molar-refractivity contribution < 1.29 is 14.2 Å². The molecule has 0 heterocycles. The van der Waals surface area contributed by atoms with Crippen molar-refractivity contribution in [2.24, 2.45) is 0 Å². The van der Waals surface area contributed by atoms with Crippen LogP contribution in [0.2, 0.25) is 0 Å². The Labute approximate surface area is 155 Å². The Morgan fingerprint density at radius 1 is 0.692 bits per heavy atom. The zero-order valence-electron chi connectivity index (χ0n) is 15.3. The molecule has 0 aliphatic carbocycles. The van der Waals surface area contributed by atoms with E-state index in [1.807, 2.05) is 86.6 Å². The maximum Gasteiger partial charge on any atom is 0.165 e. The molecule has 0 fully saturated rings. The fraction of sp³-hybridized carbons (Fsp3) is 0.217. The summed E-state index contributed by atoms with van der Waals surface area (Å²) < 4.78 is 17.8. The topological polar surface area (TPSA) is 27.7 Å². The quantitative estimate of drug-likeness (QED) is 0.534. The van der Waals surface area contributed by atoms with Gasteiger partial charge in [0.1, 0.15) is 19.0 Å². The average molecular weight is 348 g/mol. The highest BCUT2D eigenvalue weighted by atomic mass is 16.5. The molecule has 0 spiro atoms. The van der Waals surface area contributed by atoms with Crippen LogP contribution in [0.15, 0.2) is 72.8 Å². The molecule has 0 aliphatic rings. The SMILES string of the molecule is CCOc1cc(OCc2ccccc2)cc(C)c1OCc1ccccc1. The summed E-state index contributed by atoms with van der Waals surface area (Å²) >= 11 is 0. The molecule has 3 rings (SSSR count). The summed E-state index contributed by atoms with van der Waals surface area (Å²) in [6.45, 7) is 5.58. The van der Waals surface area contributed by atoms with E-state index in [-0.39, 0.29) is 0 Å². The van der Waals surface area contributed by atoms with Crippen molar-refractivity contribution in [3.8, 4) is 17.2 Å². The van der Waals surface area contributed by atoms with E-state index >= 15 is 0 Å². The lowest BCUT2D eigenvalue weighted by Crippen LogP contribution is -2.03. The van der Waals surface area contributed by atoms with Crippen LogP contribution in [0.3, 0.4) is 0 Å². The van der Waals surface area contributed by atoms with Gasteiger partial charge in [-0.2, -0.15) is 0 Å². The van der Waals surface area contributed by atoms with Gasteiger partial charge in [0, 0.05) is 6.07 Å². The summed E-state index contributed by atoms with van der Waals surface area (Å²) in [5, 5.41) is 0. The maximum atomic E-state index is 6.04. The van der Waals surface area contributed by atoms with Crippen LogP contribution >= 0.6 is 0 Å². The molecular weight excluding hydrogens is 324 g/mol. The lowest BCUT2D eigenvalue weighted by atomic mass is 10.2. The minimum atomic E-state index is 0.506. The van der Waals surface area contributed by atoms with Crippen molar-refractivity contribution in [1.82, 2.24) is 0 Å². The summed E-state index contributed by atoms with van der Waals surface area (Å²) in [6, 6.07) is 24.1. The van der Waals surface area contributed by atoms with E-state index in [9.17, 15) is 0 Å². The Morgan fingerprint density at radius 2 is 1.27 bits per heavy atom. The Kier molecular flexibility index (Phi) is 6.15. The molecule has 0 unspecified atom stereocenters. The second kappa shape index (κ2) is 8.95. The second-order valence-corrected chi connectivity index (χ2v) is 6.05. The Hall–Kier alpha value is -2.94. The number of hydrogen-bond donors (Lipinski definition) is 0. The maximum absolute atomic E-state index is 6.04. The third-order valence-electron chi connectivity index (χ3n) is 3.99. The van der Waals surface area contributed by atoms with Gasteiger partial charge >= 0.3 is 0 Å². The summed E-state index contributed by atoms with van der Waals surface area (Å²) in [7, 11) is 0. The minimum absolute atomic E-state index is 0.506. The Morgan fingerprint density at radius 3 is 1.85 bits per heavy atom. The number of aryl methyl sites for hydroxylation is 1. The molecule has 0 saturated heterocycles. The monoisotopic (exact) mass is 348 g/mol. The molecule has 0 saturated carbocycles. The number of ether oxygens (including phenoxy) is 3. The zero-order chi connectivity index (χ0) is 18.2. The average Bonchev–Trinajstić information content (AvgIpc) is 2.67. The van der Waals surface area contributed by atoms with Crippen molar-refractivity contribution in [2.75, 3.05) is 6.61 Å². The van der Waals surface area contributed by atoms with E-state index in [1.54, 1.807) is 0 Å². The van der Waals surface area contributed by atoms with Gasteiger partial charge in [-0.25, -0.2) is 0 Å². The molecule has 0 aliphatic heterocycles. The first-order valence-electron chi connectivity index (χ1n) is 8.87. The van der Waals surface area contributed by atoms with Gasteiger partial charge < -0.3 is 14.2 Å². The highest BCUT2D eigenvalue weighted by Gasteiger charge is 2.12. The number of rotatable bonds is 8. The Bertz CT molecular complexity index is 814. The molecule has 3 aromatic rings. The van der Waals surface area contributed by atoms with Crippen molar-refractivity contribution in [2.45, 2.75) is 27.1 Å². The van der Waals surface area contributed by atoms with Crippen LogP contribution in [0.25, 0.3) is 0 Å². The van der Waals surface area contributed by atoms with Crippen molar-refractivity contribution in [1.29, 1.82) is 0 Å². The molecule has 0 atom stereocenters. The molecule has 0 bridgehead atoms. The minimum Gasteiger partial charge on any atom is -0.490 e. The fourth-order valence-electron chi connectivity index (χ4n) is 2.71. The highest BCUT2D eigenvalue weighted by molar-refractivity contribution is 5.51. The van der Waals surface area contributed by atoms with Crippen LogP contribution in [-0.4, -0.2) is 6.61 Å². The molecule has 0 radical (unpaired) electrons. The summed E-state index contributed by atoms with van der Waals surface area (Å²) in [4.78, 5) is 0. The summed E-state index contributed by atoms with van der Waals surface area (Å²) in [5.41, 5.74) is 3.25. The summed E-state index contributed by atoms with van der Waals surface area (Å²) in [6.07, 6.45) is 0. The molecule has 0 aromatic heterocycles. The third kappa shape index (κ3) is 4.79. The smallest absolute Gasteiger partial charge is 0.165 e. The molecule has 3 aromatic carbocycles. The summed E-state index contributed by atoms with van der Waals surface area (Å²) in [5.74, 6) is 2.26. The molecule has 26 heavy (non-hydrogen) atoms. The molecule has 134 valence electrons. The van der Waals surface area contributed by atoms with Gasteiger partial charge in [-0.1, -0.05) is 60.7 Å². The molecule has 0 N–H and O–H groups in total. The highest BCUT2D eigenvalue weighted by Crippen LogP contribution is 2.36. The normalized spacial score (nSPS) is 10.4. The first kappa shape index (κ1) is 17.9. The standard InChI is InChI=1S/C23H24O3/c1-3-24-22-15-21(25-16-19-10-6-4-7-11-19)14-18(2)23(22)26-17-20-12-8-5-9-13-20/h4-15H,3,16-17H2,1-2H3. The molecule has 3 heteroatoms. The predicted octanol–water partition coefficient (Wildman–Crippen LogP) is 5.55. The van der Waals surface area contributed by atoms with Gasteiger partial charge in [0.25, 0.3) is 0 Å². The Balaban J connectivity index is 1.74. The number of hydrogen-bond acceptors (Lipinski definition) is 3. The van der Waals surface area contributed by atoms with Crippen LogP contribution in [0.1, 0.15) is 23.6 Å².